The Hall–Kier alpha value is -0.780. The molecule has 1 saturated heterocycles. The van der Waals surface area contributed by atoms with Gasteiger partial charge in [0.1, 0.15) is 0 Å². The van der Waals surface area contributed by atoms with E-state index in [2.05, 4.69) is 46.1 Å². The Morgan fingerprint density at radius 1 is 1.23 bits per heavy atom. The number of likely N-dealkylation sites (tertiary alicyclic amines) is 1. The number of ether oxygens (including phenoxy) is 2. The lowest BCUT2D eigenvalue weighted by Gasteiger charge is -2.35. The Morgan fingerprint density at radius 2 is 1.91 bits per heavy atom. The van der Waals surface area contributed by atoms with E-state index in [0.29, 0.717) is 12.1 Å². The van der Waals surface area contributed by atoms with Gasteiger partial charge in [-0.3, -0.25) is 0 Å². The molecule has 2 rings (SSSR count). The molecule has 0 unspecified atom stereocenters. The van der Waals surface area contributed by atoms with Crippen LogP contribution in [-0.2, 0) is 6.54 Å². The van der Waals surface area contributed by atoms with Crippen LogP contribution in [0.5, 0.6) is 11.5 Å². The molecule has 0 spiro atoms. The van der Waals surface area contributed by atoms with Gasteiger partial charge in [-0.25, -0.2) is 0 Å². The van der Waals surface area contributed by atoms with Crippen LogP contribution in [0.4, 0.5) is 0 Å². The first-order valence-electron chi connectivity index (χ1n) is 7.93. The van der Waals surface area contributed by atoms with Crippen LogP contribution < -0.4 is 14.8 Å². The van der Waals surface area contributed by atoms with Gasteiger partial charge in [0.05, 0.1) is 18.7 Å². The lowest BCUT2D eigenvalue weighted by atomic mass is 10.0. The van der Waals surface area contributed by atoms with Gasteiger partial charge in [0.25, 0.3) is 0 Å². The third kappa shape index (κ3) is 4.37. The molecule has 0 atom stereocenters. The fraction of sp³-hybridized carbons (Fsp3) is 0.647. The number of methoxy groups -OCH3 is 2. The van der Waals surface area contributed by atoms with Crippen LogP contribution in [-0.4, -0.2) is 44.3 Å². The smallest absolute Gasteiger partial charge is 0.174 e. The summed E-state index contributed by atoms with van der Waals surface area (Å²) >= 11 is 3.55. The van der Waals surface area contributed by atoms with Crippen molar-refractivity contribution >= 4 is 15.9 Å². The zero-order valence-corrected chi connectivity index (χ0v) is 15.6. The molecular formula is C17H27BrN2O2. The van der Waals surface area contributed by atoms with E-state index < -0.39 is 0 Å². The maximum atomic E-state index is 5.40. The molecule has 0 radical (unpaired) electrons. The van der Waals surface area contributed by atoms with Crippen LogP contribution >= 0.6 is 15.9 Å². The van der Waals surface area contributed by atoms with Gasteiger partial charge in [-0.15, -0.1) is 0 Å². The second-order valence-electron chi connectivity index (χ2n) is 6.10. The van der Waals surface area contributed by atoms with Crippen molar-refractivity contribution in [3.8, 4) is 11.5 Å². The average Bonchev–Trinajstić information content (AvgIpc) is 2.52. The highest BCUT2D eigenvalue weighted by atomic mass is 79.9. The van der Waals surface area contributed by atoms with Gasteiger partial charge >= 0.3 is 0 Å². The highest BCUT2D eigenvalue weighted by molar-refractivity contribution is 9.10. The number of rotatable bonds is 6. The molecule has 124 valence electrons. The van der Waals surface area contributed by atoms with Crippen LogP contribution in [0.15, 0.2) is 16.6 Å². The molecule has 0 bridgehead atoms. The van der Waals surface area contributed by atoms with Crippen molar-refractivity contribution in [3.05, 3.63) is 22.2 Å². The largest absolute Gasteiger partial charge is 0.493 e. The average molecular weight is 371 g/mol. The maximum Gasteiger partial charge on any atom is 0.174 e. The Morgan fingerprint density at radius 3 is 2.45 bits per heavy atom. The summed E-state index contributed by atoms with van der Waals surface area (Å²) in [6.45, 7) is 7.77. The van der Waals surface area contributed by atoms with E-state index in [-0.39, 0.29) is 0 Å². The van der Waals surface area contributed by atoms with E-state index in [4.69, 9.17) is 9.47 Å². The minimum Gasteiger partial charge on any atom is -0.493 e. The molecule has 0 aliphatic carbocycles. The molecule has 1 aromatic carbocycles. The summed E-state index contributed by atoms with van der Waals surface area (Å²) in [6.07, 6.45) is 2.43. The fourth-order valence-corrected chi connectivity index (χ4v) is 3.61. The van der Waals surface area contributed by atoms with E-state index in [1.807, 2.05) is 6.07 Å². The first-order chi connectivity index (χ1) is 10.5. The molecular weight excluding hydrogens is 344 g/mol. The highest BCUT2D eigenvalue weighted by Crippen LogP contribution is 2.36. The molecule has 1 aliphatic rings. The number of piperidine rings is 1. The second-order valence-corrected chi connectivity index (χ2v) is 6.95. The normalized spacial score (nSPS) is 17.0. The van der Waals surface area contributed by atoms with E-state index in [9.17, 15) is 0 Å². The summed E-state index contributed by atoms with van der Waals surface area (Å²) in [5, 5.41) is 3.67. The van der Waals surface area contributed by atoms with E-state index >= 15 is 0 Å². The van der Waals surface area contributed by atoms with E-state index in [1.54, 1.807) is 14.2 Å². The first-order valence-corrected chi connectivity index (χ1v) is 8.72. The summed E-state index contributed by atoms with van der Waals surface area (Å²) < 4.78 is 11.7. The quantitative estimate of drug-likeness (QED) is 0.831. The topological polar surface area (TPSA) is 33.7 Å². The molecule has 1 aromatic rings. The predicted octanol–water partition coefficient (Wildman–Crippen LogP) is 3.43. The number of nitrogens with zero attached hydrogens (tertiary/aromatic N) is 1. The number of benzene rings is 1. The number of nitrogens with one attached hydrogen (secondary N) is 1. The van der Waals surface area contributed by atoms with Gasteiger partial charge < -0.3 is 19.7 Å². The Balaban J connectivity index is 1.91. The van der Waals surface area contributed by atoms with E-state index in [0.717, 1.165) is 22.5 Å². The van der Waals surface area contributed by atoms with Crippen LogP contribution in [0.3, 0.4) is 0 Å². The van der Waals surface area contributed by atoms with Gasteiger partial charge in [0.15, 0.2) is 11.5 Å². The molecule has 5 heteroatoms. The molecule has 22 heavy (non-hydrogen) atoms. The predicted molar refractivity (Wildman–Crippen MR) is 93.8 cm³/mol. The van der Waals surface area contributed by atoms with Crippen molar-refractivity contribution in [2.45, 2.75) is 45.3 Å². The molecule has 0 amide bonds. The summed E-state index contributed by atoms with van der Waals surface area (Å²) in [4.78, 5) is 2.55. The van der Waals surface area contributed by atoms with Crippen LogP contribution in [0, 0.1) is 0 Å². The highest BCUT2D eigenvalue weighted by Gasteiger charge is 2.20. The zero-order chi connectivity index (χ0) is 16.1. The lowest BCUT2D eigenvalue weighted by Crippen LogP contribution is -2.44. The van der Waals surface area contributed by atoms with Crippen molar-refractivity contribution in [2.24, 2.45) is 0 Å². The van der Waals surface area contributed by atoms with Crippen molar-refractivity contribution < 1.29 is 9.47 Å². The third-order valence-corrected chi connectivity index (χ3v) is 4.94. The van der Waals surface area contributed by atoms with Gasteiger partial charge in [-0.1, -0.05) is 0 Å². The van der Waals surface area contributed by atoms with Crippen LogP contribution in [0.25, 0.3) is 0 Å². The second kappa shape index (κ2) is 8.18. The minimum atomic E-state index is 0.599. The lowest BCUT2D eigenvalue weighted by molar-refractivity contribution is 0.161. The zero-order valence-electron chi connectivity index (χ0n) is 14.0. The van der Waals surface area contributed by atoms with Crippen LogP contribution in [0.1, 0.15) is 32.3 Å². The summed E-state index contributed by atoms with van der Waals surface area (Å²) in [5.41, 5.74) is 1.20. The van der Waals surface area contributed by atoms with Crippen molar-refractivity contribution in [3.63, 3.8) is 0 Å². The van der Waals surface area contributed by atoms with Crippen molar-refractivity contribution in [1.82, 2.24) is 10.2 Å². The molecule has 4 nitrogen and oxygen atoms in total. The Kier molecular flexibility index (Phi) is 6.53. The summed E-state index contributed by atoms with van der Waals surface area (Å²) in [6, 6.07) is 5.39. The van der Waals surface area contributed by atoms with Gasteiger partial charge in [-0.2, -0.15) is 0 Å². The van der Waals surface area contributed by atoms with Crippen molar-refractivity contribution in [1.29, 1.82) is 0 Å². The first kappa shape index (κ1) is 17.6. The Bertz CT molecular complexity index is 486. The van der Waals surface area contributed by atoms with E-state index in [1.165, 1.54) is 31.5 Å². The van der Waals surface area contributed by atoms with Crippen LogP contribution in [0.2, 0.25) is 0 Å². The van der Waals surface area contributed by atoms with Gasteiger partial charge in [0, 0.05) is 18.6 Å². The van der Waals surface area contributed by atoms with Gasteiger partial charge in [0.2, 0.25) is 0 Å². The SMILES string of the molecule is COc1cc(CNC2CCN(C(C)C)CC2)cc(Br)c1OC. The fourth-order valence-electron chi connectivity index (χ4n) is 2.96. The Labute approximate surface area is 142 Å². The third-order valence-electron chi connectivity index (χ3n) is 4.35. The van der Waals surface area contributed by atoms with Gasteiger partial charge in [-0.05, 0) is 73.4 Å². The molecule has 1 aliphatic heterocycles. The number of hydrogen-bond acceptors (Lipinski definition) is 4. The molecule has 0 saturated carbocycles. The minimum absolute atomic E-state index is 0.599. The maximum absolute atomic E-state index is 5.40. The molecule has 1 N–H and O–H groups in total. The number of halogens is 1. The summed E-state index contributed by atoms with van der Waals surface area (Å²) in [7, 11) is 3.33. The summed E-state index contributed by atoms with van der Waals surface area (Å²) in [5.74, 6) is 1.51. The molecule has 1 heterocycles. The van der Waals surface area contributed by atoms with Crippen molar-refractivity contribution in [2.75, 3.05) is 27.3 Å². The standard InChI is InChI=1S/C17H27BrN2O2/c1-12(2)20-7-5-14(6-8-20)19-11-13-9-15(18)17(22-4)16(10-13)21-3/h9-10,12,14,19H,5-8,11H2,1-4H3. The molecule has 1 fully saturated rings. The monoisotopic (exact) mass is 370 g/mol. The number of hydrogen-bond donors (Lipinski definition) is 1. The molecule has 0 aromatic heterocycles.